The average Bonchev–Trinajstić information content (AvgIpc) is 2.39. The summed E-state index contributed by atoms with van der Waals surface area (Å²) in [5, 5.41) is 3.93. The molecule has 5 heteroatoms. The molecule has 1 aromatic rings. The molecule has 15 heavy (non-hydrogen) atoms. The SMILES string of the molecule is NCc1ccc2c(c1)CCN(N)C(=O)N2. The lowest BCUT2D eigenvalue weighted by molar-refractivity contribution is 0.214. The molecule has 1 aliphatic rings. The zero-order chi connectivity index (χ0) is 10.8. The summed E-state index contributed by atoms with van der Waals surface area (Å²) >= 11 is 0. The number of urea groups is 1. The van der Waals surface area contributed by atoms with Crippen molar-refractivity contribution in [3.63, 3.8) is 0 Å². The summed E-state index contributed by atoms with van der Waals surface area (Å²) in [5.74, 6) is 5.52. The third kappa shape index (κ3) is 1.93. The summed E-state index contributed by atoms with van der Waals surface area (Å²) < 4.78 is 0. The van der Waals surface area contributed by atoms with Crippen LogP contribution < -0.4 is 16.9 Å². The summed E-state index contributed by atoms with van der Waals surface area (Å²) in [5.41, 5.74) is 8.52. The van der Waals surface area contributed by atoms with Crippen molar-refractivity contribution in [1.29, 1.82) is 0 Å². The van der Waals surface area contributed by atoms with Crippen molar-refractivity contribution in [1.82, 2.24) is 5.01 Å². The summed E-state index contributed by atoms with van der Waals surface area (Å²) in [6.07, 6.45) is 0.748. The van der Waals surface area contributed by atoms with Crippen LogP contribution in [0.15, 0.2) is 18.2 Å². The number of hydrogen-bond donors (Lipinski definition) is 3. The minimum absolute atomic E-state index is 0.269. The summed E-state index contributed by atoms with van der Waals surface area (Å²) in [6.45, 7) is 1.03. The molecule has 0 saturated heterocycles. The molecule has 0 saturated carbocycles. The van der Waals surface area contributed by atoms with Crippen LogP contribution in [0.25, 0.3) is 0 Å². The molecular formula is C10H14N4O. The number of nitrogens with two attached hydrogens (primary N) is 2. The predicted octanol–water partition coefficient (Wildman–Crippen LogP) is 0.409. The fourth-order valence-electron chi connectivity index (χ4n) is 1.63. The van der Waals surface area contributed by atoms with E-state index in [0.717, 1.165) is 23.2 Å². The number of carbonyl (C=O) groups is 1. The molecular weight excluding hydrogens is 192 g/mol. The normalized spacial score (nSPS) is 15.6. The molecule has 5 N–H and O–H groups in total. The maximum atomic E-state index is 11.4. The van der Waals surface area contributed by atoms with Gasteiger partial charge in [-0.05, 0) is 23.6 Å². The van der Waals surface area contributed by atoms with E-state index < -0.39 is 0 Å². The molecule has 1 aromatic carbocycles. The molecule has 0 unspecified atom stereocenters. The Morgan fingerprint density at radius 3 is 3.00 bits per heavy atom. The molecule has 0 bridgehead atoms. The highest BCUT2D eigenvalue weighted by Gasteiger charge is 2.16. The molecule has 1 aliphatic heterocycles. The van der Waals surface area contributed by atoms with Crippen LogP contribution >= 0.6 is 0 Å². The fraction of sp³-hybridized carbons (Fsp3) is 0.300. The quantitative estimate of drug-likeness (QED) is 0.459. The second-order valence-corrected chi connectivity index (χ2v) is 3.57. The number of nitrogens with one attached hydrogen (secondary N) is 1. The number of benzene rings is 1. The number of fused-ring (bicyclic) bond motifs is 1. The van der Waals surface area contributed by atoms with Crippen LogP contribution in [0.3, 0.4) is 0 Å². The first-order valence-corrected chi connectivity index (χ1v) is 4.86. The van der Waals surface area contributed by atoms with Crippen LogP contribution in [-0.2, 0) is 13.0 Å². The highest BCUT2D eigenvalue weighted by Crippen LogP contribution is 2.20. The summed E-state index contributed by atoms with van der Waals surface area (Å²) in [7, 11) is 0. The first-order chi connectivity index (χ1) is 7.20. The number of hydrogen-bond acceptors (Lipinski definition) is 3. The van der Waals surface area contributed by atoms with Crippen LogP contribution in [0.2, 0.25) is 0 Å². The Kier molecular flexibility index (Phi) is 2.57. The van der Waals surface area contributed by atoms with Crippen molar-refractivity contribution < 1.29 is 4.79 Å². The summed E-state index contributed by atoms with van der Waals surface area (Å²) in [6, 6.07) is 5.52. The van der Waals surface area contributed by atoms with Gasteiger partial charge in [-0.1, -0.05) is 12.1 Å². The highest BCUT2D eigenvalue weighted by atomic mass is 16.2. The average molecular weight is 206 g/mol. The molecule has 0 atom stereocenters. The smallest absolute Gasteiger partial charge is 0.326 e. The minimum Gasteiger partial charge on any atom is -0.326 e. The molecule has 5 nitrogen and oxygen atoms in total. The van der Waals surface area contributed by atoms with Gasteiger partial charge in [-0.3, -0.25) is 5.01 Å². The Labute approximate surface area is 88.0 Å². The Morgan fingerprint density at radius 2 is 2.27 bits per heavy atom. The lowest BCUT2D eigenvalue weighted by atomic mass is 10.1. The van der Waals surface area contributed by atoms with Gasteiger partial charge in [0.25, 0.3) is 0 Å². The van der Waals surface area contributed by atoms with Crippen molar-refractivity contribution in [3.8, 4) is 0 Å². The van der Waals surface area contributed by atoms with Gasteiger partial charge in [-0.25, -0.2) is 10.6 Å². The van der Waals surface area contributed by atoms with Crippen molar-refractivity contribution in [2.75, 3.05) is 11.9 Å². The van der Waals surface area contributed by atoms with Crippen molar-refractivity contribution in [2.24, 2.45) is 11.6 Å². The largest absolute Gasteiger partial charge is 0.335 e. The van der Waals surface area contributed by atoms with E-state index in [1.807, 2.05) is 18.2 Å². The molecule has 0 aromatic heterocycles. The van der Waals surface area contributed by atoms with Gasteiger partial charge in [-0.15, -0.1) is 0 Å². The first kappa shape index (κ1) is 9.95. The molecule has 2 rings (SSSR count). The van der Waals surface area contributed by atoms with Crippen molar-refractivity contribution >= 4 is 11.7 Å². The minimum atomic E-state index is -0.269. The van der Waals surface area contributed by atoms with Crippen molar-refractivity contribution in [2.45, 2.75) is 13.0 Å². The number of carbonyl (C=O) groups excluding carboxylic acids is 1. The maximum absolute atomic E-state index is 11.4. The van der Waals surface area contributed by atoms with Gasteiger partial charge in [0.05, 0.1) is 0 Å². The van der Waals surface area contributed by atoms with Crippen LogP contribution in [-0.4, -0.2) is 17.6 Å². The Bertz CT molecular complexity index is 391. The zero-order valence-electron chi connectivity index (χ0n) is 8.36. The number of anilines is 1. The van der Waals surface area contributed by atoms with Crippen LogP contribution in [0.4, 0.5) is 10.5 Å². The van der Waals surface area contributed by atoms with E-state index in [1.165, 1.54) is 5.01 Å². The molecule has 0 aliphatic carbocycles. The number of nitrogens with zero attached hydrogens (tertiary/aromatic N) is 1. The Morgan fingerprint density at radius 1 is 1.47 bits per heavy atom. The first-order valence-electron chi connectivity index (χ1n) is 4.86. The van der Waals surface area contributed by atoms with Gasteiger partial charge in [0, 0.05) is 18.8 Å². The molecule has 1 heterocycles. The van der Waals surface area contributed by atoms with Gasteiger partial charge in [0.1, 0.15) is 0 Å². The lowest BCUT2D eigenvalue weighted by Gasteiger charge is -2.12. The Balaban J connectivity index is 2.34. The number of rotatable bonds is 1. The van der Waals surface area contributed by atoms with Gasteiger partial charge in [0.2, 0.25) is 0 Å². The van der Waals surface area contributed by atoms with Gasteiger partial charge in [-0.2, -0.15) is 0 Å². The lowest BCUT2D eigenvalue weighted by Crippen LogP contribution is -2.40. The van der Waals surface area contributed by atoms with E-state index in [9.17, 15) is 4.79 Å². The van der Waals surface area contributed by atoms with Crippen molar-refractivity contribution in [3.05, 3.63) is 29.3 Å². The second-order valence-electron chi connectivity index (χ2n) is 3.57. The predicted molar refractivity (Wildman–Crippen MR) is 57.9 cm³/mol. The highest BCUT2D eigenvalue weighted by molar-refractivity contribution is 5.90. The van der Waals surface area contributed by atoms with Gasteiger partial charge in [0.15, 0.2) is 0 Å². The molecule has 80 valence electrons. The van der Waals surface area contributed by atoms with E-state index >= 15 is 0 Å². The van der Waals surface area contributed by atoms with E-state index in [1.54, 1.807) is 0 Å². The van der Waals surface area contributed by atoms with E-state index in [4.69, 9.17) is 11.6 Å². The molecule has 0 spiro atoms. The monoisotopic (exact) mass is 206 g/mol. The molecule has 0 fully saturated rings. The topological polar surface area (TPSA) is 84.4 Å². The second kappa shape index (κ2) is 3.88. The fourth-order valence-corrected chi connectivity index (χ4v) is 1.63. The van der Waals surface area contributed by atoms with Crippen LogP contribution in [0.1, 0.15) is 11.1 Å². The van der Waals surface area contributed by atoms with Crippen LogP contribution in [0.5, 0.6) is 0 Å². The molecule has 2 amide bonds. The Hall–Kier alpha value is -1.59. The number of amides is 2. The zero-order valence-corrected chi connectivity index (χ0v) is 8.36. The third-order valence-electron chi connectivity index (χ3n) is 2.53. The van der Waals surface area contributed by atoms with Gasteiger partial charge < -0.3 is 11.1 Å². The van der Waals surface area contributed by atoms with E-state index in [-0.39, 0.29) is 6.03 Å². The number of hydrazine groups is 1. The molecule has 0 radical (unpaired) electrons. The summed E-state index contributed by atoms with van der Waals surface area (Å²) in [4.78, 5) is 11.4. The van der Waals surface area contributed by atoms with Crippen LogP contribution in [0, 0.1) is 0 Å². The van der Waals surface area contributed by atoms with E-state index in [2.05, 4.69) is 5.32 Å². The maximum Gasteiger partial charge on any atom is 0.335 e. The van der Waals surface area contributed by atoms with Gasteiger partial charge >= 0.3 is 6.03 Å². The standard InChI is InChI=1S/C10H14N4O/c11-6-7-1-2-9-8(5-7)3-4-14(12)10(15)13-9/h1-2,5H,3-4,6,11-12H2,(H,13,15). The van der Waals surface area contributed by atoms with E-state index in [0.29, 0.717) is 13.1 Å². The third-order valence-corrected chi connectivity index (χ3v) is 2.53.